The third-order valence-electron chi connectivity index (χ3n) is 5.08. The first kappa shape index (κ1) is 18.2. The number of likely N-dealkylation sites (tertiary alicyclic amines) is 1. The Morgan fingerprint density at radius 3 is 2.89 bits per heavy atom. The van der Waals surface area contributed by atoms with Gasteiger partial charge in [0.05, 0.1) is 16.9 Å². The summed E-state index contributed by atoms with van der Waals surface area (Å²) in [6, 6.07) is 11.9. The van der Waals surface area contributed by atoms with E-state index in [1.54, 1.807) is 12.3 Å². The number of H-pyrrole nitrogens is 1. The zero-order chi connectivity index (χ0) is 19.5. The molecular formula is C20H25N7O. The molecule has 3 aromatic rings. The van der Waals surface area contributed by atoms with E-state index in [4.69, 9.17) is 0 Å². The molecule has 2 aromatic heterocycles. The number of hydrogen-bond acceptors (Lipinski definition) is 5. The third kappa shape index (κ3) is 3.77. The van der Waals surface area contributed by atoms with Gasteiger partial charge in [0.1, 0.15) is 5.82 Å². The predicted octanol–water partition coefficient (Wildman–Crippen LogP) is 2.61. The summed E-state index contributed by atoms with van der Waals surface area (Å²) in [6.07, 6.45) is 1.71. The van der Waals surface area contributed by atoms with Crippen molar-refractivity contribution >= 4 is 28.6 Å². The Kier molecular flexibility index (Phi) is 5.12. The van der Waals surface area contributed by atoms with Crippen LogP contribution in [-0.4, -0.2) is 58.8 Å². The van der Waals surface area contributed by atoms with Crippen molar-refractivity contribution in [3.63, 3.8) is 0 Å². The molecule has 0 bridgehead atoms. The summed E-state index contributed by atoms with van der Waals surface area (Å²) >= 11 is 0. The normalized spacial score (nSPS) is 19.6. The fourth-order valence-corrected chi connectivity index (χ4v) is 3.79. The number of benzene rings is 1. The lowest BCUT2D eigenvalue weighted by Gasteiger charge is -2.20. The maximum Gasteiger partial charge on any atom is 0.320 e. The number of carbonyl (C=O) groups is 1. The fourth-order valence-electron chi connectivity index (χ4n) is 3.79. The highest BCUT2D eigenvalue weighted by Gasteiger charge is 2.33. The number of aromatic amines is 1. The second-order valence-electron chi connectivity index (χ2n) is 7.16. The van der Waals surface area contributed by atoms with Crippen LogP contribution >= 0.6 is 0 Å². The first-order chi connectivity index (χ1) is 13.6. The van der Waals surface area contributed by atoms with Crippen molar-refractivity contribution in [3.05, 3.63) is 48.2 Å². The van der Waals surface area contributed by atoms with Crippen LogP contribution in [0.4, 0.5) is 16.4 Å². The molecule has 146 valence electrons. The highest BCUT2D eigenvalue weighted by molar-refractivity contribution is 5.94. The van der Waals surface area contributed by atoms with Gasteiger partial charge in [-0.25, -0.2) is 9.78 Å². The van der Waals surface area contributed by atoms with Gasteiger partial charge in [-0.15, -0.1) is 0 Å². The van der Waals surface area contributed by atoms with Crippen LogP contribution in [0, 0.1) is 0 Å². The first-order valence-corrected chi connectivity index (χ1v) is 9.53. The Labute approximate surface area is 163 Å². The Morgan fingerprint density at radius 2 is 2.11 bits per heavy atom. The van der Waals surface area contributed by atoms with E-state index < -0.39 is 0 Å². The van der Waals surface area contributed by atoms with Crippen molar-refractivity contribution in [3.8, 4) is 0 Å². The van der Waals surface area contributed by atoms with E-state index in [2.05, 4.69) is 55.2 Å². The molecule has 4 N–H and O–H groups in total. The lowest BCUT2D eigenvalue weighted by atomic mass is 9.94. The second kappa shape index (κ2) is 7.85. The molecule has 0 unspecified atom stereocenters. The summed E-state index contributed by atoms with van der Waals surface area (Å²) in [5.74, 6) is 1.52. The molecule has 8 heteroatoms. The number of nitrogens with zero attached hydrogens (tertiary/aromatic N) is 3. The van der Waals surface area contributed by atoms with Gasteiger partial charge in [-0.1, -0.05) is 30.3 Å². The molecule has 0 spiro atoms. The number of aromatic nitrogens is 3. The van der Waals surface area contributed by atoms with Crippen LogP contribution in [0.15, 0.2) is 42.6 Å². The average molecular weight is 379 g/mol. The number of urea groups is 1. The minimum Gasteiger partial charge on any atom is -0.368 e. The van der Waals surface area contributed by atoms with Gasteiger partial charge in [0.15, 0.2) is 5.82 Å². The van der Waals surface area contributed by atoms with Crippen LogP contribution in [0.1, 0.15) is 18.4 Å². The van der Waals surface area contributed by atoms with Crippen molar-refractivity contribution < 1.29 is 4.79 Å². The minimum atomic E-state index is -0.250. The van der Waals surface area contributed by atoms with Crippen molar-refractivity contribution in [2.75, 3.05) is 37.3 Å². The van der Waals surface area contributed by atoms with Crippen LogP contribution in [0.3, 0.4) is 0 Å². The maximum atomic E-state index is 12.6. The van der Waals surface area contributed by atoms with E-state index in [-0.39, 0.29) is 18.0 Å². The van der Waals surface area contributed by atoms with Gasteiger partial charge < -0.3 is 15.5 Å². The molecule has 3 heterocycles. The lowest BCUT2D eigenvalue weighted by molar-refractivity contribution is 0.247. The van der Waals surface area contributed by atoms with E-state index in [1.165, 1.54) is 5.56 Å². The SMILES string of the molecule is CCNc1n[nH]c2cc(NC(=O)N[C@@H]3CN(C)C[C@H]3c3ccccc3)ncc12. The van der Waals surface area contributed by atoms with E-state index in [0.717, 1.165) is 36.4 Å². The number of nitrogens with one attached hydrogen (secondary N) is 4. The zero-order valence-electron chi connectivity index (χ0n) is 16.1. The van der Waals surface area contributed by atoms with Gasteiger partial charge >= 0.3 is 6.03 Å². The number of hydrogen-bond donors (Lipinski definition) is 4. The molecule has 1 aromatic carbocycles. The molecule has 0 aliphatic carbocycles. The number of anilines is 2. The highest BCUT2D eigenvalue weighted by Crippen LogP contribution is 2.27. The van der Waals surface area contributed by atoms with Crippen LogP contribution in [0.2, 0.25) is 0 Å². The monoisotopic (exact) mass is 379 g/mol. The topological polar surface area (TPSA) is 98.0 Å². The Bertz CT molecular complexity index is 956. The largest absolute Gasteiger partial charge is 0.368 e. The number of carbonyl (C=O) groups excluding carboxylic acids is 1. The summed E-state index contributed by atoms with van der Waals surface area (Å²) < 4.78 is 0. The molecular weight excluding hydrogens is 354 g/mol. The van der Waals surface area contributed by atoms with Gasteiger partial charge in [0.2, 0.25) is 0 Å². The summed E-state index contributed by atoms with van der Waals surface area (Å²) in [7, 11) is 2.07. The molecule has 1 aliphatic rings. The van der Waals surface area contributed by atoms with Crippen LogP contribution in [0.5, 0.6) is 0 Å². The van der Waals surface area contributed by atoms with Crippen LogP contribution in [0.25, 0.3) is 10.9 Å². The van der Waals surface area contributed by atoms with Crippen LogP contribution < -0.4 is 16.0 Å². The quantitative estimate of drug-likeness (QED) is 0.546. The molecule has 2 atom stereocenters. The smallest absolute Gasteiger partial charge is 0.320 e. The van der Waals surface area contributed by atoms with Gasteiger partial charge in [0.25, 0.3) is 0 Å². The number of pyridine rings is 1. The summed E-state index contributed by atoms with van der Waals surface area (Å²) in [5.41, 5.74) is 2.06. The van der Waals surface area contributed by atoms with E-state index >= 15 is 0 Å². The van der Waals surface area contributed by atoms with E-state index in [1.807, 2.05) is 25.1 Å². The van der Waals surface area contributed by atoms with Gasteiger partial charge in [-0.3, -0.25) is 10.4 Å². The predicted molar refractivity (Wildman–Crippen MR) is 111 cm³/mol. The summed E-state index contributed by atoms with van der Waals surface area (Å²) in [4.78, 5) is 19.2. The molecule has 4 rings (SSSR count). The third-order valence-corrected chi connectivity index (χ3v) is 5.08. The van der Waals surface area contributed by atoms with Crippen molar-refractivity contribution in [1.82, 2.24) is 25.4 Å². The zero-order valence-corrected chi connectivity index (χ0v) is 16.1. The standard InChI is InChI=1S/C20H25N7O/c1-3-21-19-14-10-22-18(9-16(14)25-26-19)24-20(28)23-17-12-27(2)11-15(17)13-7-5-4-6-8-13/h4-10,15,17H,3,11-12H2,1-2H3,(H2,21,25,26)(H2,22,23,24,28)/t15-,17+/m0/s1. The second-order valence-corrected chi connectivity index (χ2v) is 7.16. The first-order valence-electron chi connectivity index (χ1n) is 9.53. The van der Waals surface area contributed by atoms with Crippen LogP contribution in [-0.2, 0) is 0 Å². The Morgan fingerprint density at radius 1 is 1.29 bits per heavy atom. The van der Waals surface area contributed by atoms with Crippen molar-refractivity contribution in [2.45, 2.75) is 18.9 Å². The summed E-state index contributed by atoms with van der Waals surface area (Å²) in [5, 5.41) is 17.2. The molecule has 1 saturated heterocycles. The number of likely N-dealkylation sites (N-methyl/N-ethyl adjacent to an activating group) is 1. The summed E-state index contributed by atoms with van der Waals surface area (Å²) in [6.45, 7) is 4.52. The van der Waals surface area contributed by atoms with E-state index in [0.29, 0.717) is 5.82 Å². The molecule has 28 heavy (non-hydrogen) atoms. The number of fused-ring (bicyclic) bond motifs is 1. The Balaban J connectivity index is 1.44. The number of rotatable bonds is 5. The molecule has 1 fully saturated rings. The Hall–Kier alpha value is -3.13. The van der Waals surface area contributed by atoms with Gasteiger partial charge in [-0.2, -0.15) is 5.10 Å². The number of amides is 2. The molecule has 0 saturated carbocycles. The molecule has 8 nitrogen and oxygen atoms in total. The van der Waals surface area contributed by atoms with Gasteiger partial charge in [-0.05, 0) is 19.5 Å². The van der Waals surface area contributed by atoms with Gasteiger partial charge in [0, 0.05) is 37.8 Å². The lowest BCUT2D eigenvalue weighted by Crippen LogP contribution is -2.42. The molecule has 0 radical (unpaired) electrons. The van der Waals surface area contributed by atoms with Crippen molar-refractivity contribution in [1.29, 1.82) is 0 Å². The molecule has 2 amide bonds. The average Bonchev–Trinajstić information content (AvgIpc) is 3.25. The maximum absolute atomic E-state index is 12.6. The van der Waals surface area contributed by atoms with E-state index in [9.17, 15) is 4.79 Å². The minimum absolute atomic E-state index is 0.0450. The molecule has 1 aliphatic heterocycles. The van der Waals surface area contributed by atoms with Crippen molar-refractivity contribution in [2.24, 2.45) is 0 Å². The fraction of sp³-hybridized carbons (Fsp3) is 0.350. The highest BCUT2D eigenvalue weighted by atomic mass is 16.2.